The molecule has 2 aromatic carbocycles. The van der Waals surface area contributed by atoms with Gasteiger partial charge >= 0.3 is 0 Å². The van der Waals surface area contributed by atoms with Crippen LogP contribution in [-0.2, 0) is 6.61 Å². The Hall–Kier alpha value is -3.93. The van der Waals surface area contributed by atoms with Crippen molar-refractivity contribution in [1.82, 2.24) is 14.8 Å². The molecular formula is C22H18N4O2. The molecule has 138 valence electrons. The van der Waals surface area contributed by atoms with Gasteiger partial charge in [-0.05, 0) is 42.0 Å². The zero-order valence-electron chi connectivity index (χ0n) is 15.0. The van der Waals surface area contributed by atoms with Gasteiger partial charge in [-0.1, -0.05) is 30.3 Å². The first-order valence-electron chi connectivity index (χ1n) is 8.81. The minimum Gasteiger partial charge on any atom is -0.489 e. The summed E-state index contributed by atoms with van der Waals surface area (Å²) in [6.45, 7) is 0.500. The van der Waals surface area contributed by atoms with Crippen LogP contribution in [0.4, 0.5) is 5.69 Å². The molecule has 2 heterocycles. The van der Waals surface area contributed by atoms with Crippen LogP contribution in [-0.4, -0.2) is 20.7 Å². The first-order chi connectivity index (χ1) is 13.8. The second-order valence-electron chi connectivity index (χ2n) is 6.14. The van der Waals surface area contributed by atoms with Gasteiger partial charge < -0.3 is 10.1 Å². The Morgan fingerprint density at radius 1 is 0.964 bits per heavy atom. The summed E-state index contributed by atoms with van der Waals surface area (Å²) in [6, 6.07) is 20.9. The molecule has 0 bridgehead atoms. The maximum Gasteiger partial charge on any atom is 0.258 e. The van der Waals surface area contributed by atoms with Crippen LogP contribution in [0.2, 0.25) is 0 Å². The molecule has 0 aliphatic rings. The van der Waals surface area contributed by atoms with E-state index in [1.807, 2.05) is 66.7 Å². The lowest BCUT2D eigenvalue weighted by molar-refractivity contribution is 0.102. The number of ether oxygens (including phenoxy) is 1. The fourth-order valence-corrected chi connectivity index (χ4v) is 2.65. The van der Waals surface area contributed by atoms with E-state index < -0.39 is 0 Å². The van der Waals surface area contributed by atoms with Gasteiger partial charge in [-0.2, -0.15) is 5.10 Å². The Balaban J connectivity index is 1.36. The van der Waals surface area contributed by atoms with Crippen LogP contribution in [0.1, 0.15) is 15.9 Å². The summed E-state index contributed by atoms with van der Waals surface area (Å²) in [5.41, 5.74) is 3.05. The average molecular weight is 370 g/mol. The van der Waals surface area contributed by atoms with Crippen LogP contribution < -0.4 is 10.1 Å². The van der Waals surface area contributed by atoms with Crippen LogP contribution in [0, 0.1) is 0 Å². The molecule has 0 aliphatic carbocycles. The molecule has 1 N–H and O–H groups in total. The van der Waals surface area contributed by atoms with Crippen LogP contribution in [0.25, 0.3) is 5.69 Å². The third-order valence-corrected chi connectivity index (χ3v) is 4.12. The molecule has 2 aromatic heterocycles. The molecule has 0 aliphatic heterocycles. The number of nitrogens with zero attached hydrogens (tertiary/aromatic N) is 3. The predicted molar refractivity (Wildman–Crippen MR) is 107 cm³/mol. The van der Waals surface area contributed by atoms with Crippen molar-refractivity contribution < 1.29 is 9.53 Å². The molecule has 0 saturated heterocycles. The standard InChI is InChI=1S/C22H18N4O2/c27-22(18-13-24-26(15-18)20-7-4-12-23-14-20)25-19-8-10-21(11-9-19)28-16-17-5-2-1-3-6-17/h1-15H,16H2,(H,25,27). The van der Waals surface area contributed by atoms with E-state index in [1.165, 1.54) is 6.20 Å². The van der Waals surface area contributed by atoms with Crippen molar-refractivity contribution in [2.75, 3.05) is 5.32 Å². The zero-order chi connectivity index (χ0) is 19.2. The summed E-state index contributed by atoms with van der Waals surface area (Å²) in [6.07, 6.45) is 6.57. The highest BCUT2D eigenvalue weighted by atomic mass is 16.5. The normalized spacial score (nSPS) is 10.4. The number of anilines is 1. The quantitative estimate of drug-likeness (QED) is 0.555. The number of nitrogens with one attached hydrogen (secondary N) is 1. The lowest BCUT2D eigenvalue weighted by atomic mass is 10.2. The molecule has 4 aromatic rings. The van der Waals surface area contributed by atoms with Crippen LogP contribution >= 0.6 is 0 Å². The van der Waals surface area contributed by atoms with Gasteiger partial charge in [0.15, 0.2) is 0 Å². The molecule has 4 rings (SSSR count). The number of carbonyl (C=O) groups is 1. The van der Waals surface area contributed by atoms with Gasteiger partial charge in [0.05, 0.1) is 23.6 Å². The highest BCUT2D eigenvalue weighted by Crippen LogP contribution is 2.18. The third kappa shape index (κ3) is 4.24. The van der Waals surface area contributed by atoms with Crippen molar-refractivity contribution in [2.45, 2.75) is 6.61 Å². The molecule has 0 saturated carbocycles. The lowest BCUT2D eigenvalue weighted by Crippen LogP contribution is -2.11. The fourth-order valence-electron chi connectivity index (χ4n) is 2.65. The summed E-state index contributed by atoms with van der Waals surface area (Å²) in [5.74, 6) is 0.513. The van der Waals surface area contributed by atoms with Gasteiger partial charge in [0.1, 0.15) is 12.4 Å². The number of rotatable bonds is 6. The Bertz CT molecular complexity index is 1040. The van der Waals surface area contributed by atoms with Gasteiger partial charge in [-0.25, -0.2) is 4.68 Å². The molecule has 0 radical (unpaired) electrons. The van der Waals surface area contributed by atoms with Crippen LogP contribution in [0.5, 0.6) is 5.75 Å². The molecule has 0 atom stereocenters. The first kappa shape index (κ1) is 17.5. The molecular weight excluding hydrogens is 352 g/mol. The van der Waals surface area contributed by atoms with E-state index in [0.29, 0.717) is 17.9 Å². The molecule has 1 amide bonds. The van der Waals surface area contributed by atoms with E-state index in [0.717, 1.165) is 17.0 Å². The Kier molecular flexibility index (Phi) is 5.11. The van der Waals surface area contributed by atoms with E-state index in [-0.39, 0.29) is 5.91 Å². The molecule has 0 fully saturated rings. The number of hydrogen-bond donors (Lipinski definition) is 1. The number of aromatic nitrogens is 3. The van der Waals surface area contributed by atoms with Crippen LogP contribution in [0.15, 0.2) is 91.5 Å². The number of pyridine rings is 1. The molecule has 6 heteroatoms. The third-order valence-electron chi connectivity index (χ3n) is 4.12. The second-order valence-corrected chi connectivity index (χ2v) is 6.14. The SMILES string of the molecule is O=C(Nc1ccc(OCc2ccccc2)cc1)c1cnn(-c2cccnc2)c1. The van der Waals surface area contributed by atoms with E-state index in [1.54, 1.807) is 23.3 Å². The number of hydrogen-bond acceptors (Lipinski definition) is 4. The van der Waals surface area contributed by atoms with Crippen molar-refractivity contribution in [3.63, 3.8) is 0 Å². The minimum absolute atomic E-state index is 0.229. The van der Waals surface area contributed by atoms with E-state index >= 15 is 0 Å². The van der Waals surface area contributed by atoms with E-state index in [9.17, 15) is 4.79 Å². The van der Waals surface area contributed by atoms with Crippen molar-refractivity contribution in [3.05, 3.63) is 103 Å². The van der Waals surface area contributed by atoms with Crippen molar-refractivity contribution in [1.29, 1.82) is 0 Å². The highest BCUT2D eigenvalue weighted by molar-refractivity contribution is 6.04. The molecule has 0 unspecified atom stereocenters. The first-order valence-corrected chi connectivity index (χ1v) is 8.81. The van der Waals surface area contributed by atoms with Crippen molar-refractivity contribution in [2.24, 2.45) is 0 Å². The van der Waals surface area contributed by atoms with E-state index in [4.69, 9.17) is 4.74 Å². The van der Waals surface area contributed by atoms with Gasteiger partial charge in [-0.15, -0.1) is 0 Å². The number of carbonyl (C=O) groups excluding carboxylic acids is 1. The number of amides is 1. The Labute approximate surface area is 162 Å². The predicted octanol–water partition coefficient (Wildman–Crippen LogP) is 4.10. The summed E-state index contributed by atoms with van der Waals surface area (Å²) >= 11 is 0. The number of benzene rings is 2. The topological polar surface area (TPSA) is 69.0 Å². The van der Waals surface area contributed by atoms with Gasteiger partial charge in [-0.3, -0.25) is 9.78 Å². The molecule has 28 heavy (non-hydrogen) atoms. The molecule has 0 spiro atoms. The summed E-state index contributed by atoms with van der Waals surface area (Å²) in [4.78, 5) is 16.5. The van der Waals surface area contributed by atoms with Gasteiger partial charge in [0.25, 0.3) is 5.91 Å². The fraction of sp³-hybridized carbons (Fsp3) is 0.0455. The van der Waals surface area contributed by atoms with Gasteiger partial charge in [0, 0.05) is 18.1 Å². The van der Waals surface area contributed by atoms with Crippen LogP contribution in [0.3, 0.4) is 0 Å². The van der Waals surface area contributed by atoms with Crippen molar-refractivity contribution in [3.8, 4) is 11.4 Å². The summed E-state index contributed by atoms with van der Waals surface area (Å²) in [5, 5.41) is 7.07. The highest BCUT2D eigenvalue weighted by Gasteiger charge is 2.10. The Morgan fingerprint density at radius 3 is 2.54 bits per heavy atom. The monoisotopic (exact) mass is 370 g/mol. The largest absolute Gasteiger partial charge is 0.489 e. The summed E-state index contributed by atoms with van der Waals surface area (Å²) in [7, 11) is 0. The maximum atomic E-state index is 12.4. The zero-order valence-corrected chi connectivity index (χ0v) is 15.0. The smallest absolute Gasteiger partial charge is 0.258 e. The average Bonchev–Trinajstić information content (AvgIpc) is 3.25. The lowest BCUT2D eigenvalue weighted by Gasteiger charge is -2.08. The second kappa shape index (κ2) is 8.18. The van der Waals surface area contributed by atoms with Gasteiger partial charge in [0.2, 0.25) is 0 Å². The summed E-state index contributed by atoms with van der Waals surface area (Å²) < 4.78 is 7.37. The maximum absolute atomic E-state index is 12.4. The Morgan fingerprint density at radius 2 is 1.79 bits per heavy atom. The van der Waals surface area contributed by atoms with E-state index in [2.05, 4.69) is 15.4 Å². The van der Waals surface area contributed by atoms with Crippen molar-refractivity contribution >= 4 is 11.6 Å². The molecule has 6 nitrogen and oxygen atoms in total. The minimum atomic E-state index is -0.229.